The van der Waals surface area contributed by atoms with Gasteiger partial charge in [0.25, 0.3) is 5.91 Å². The van der Waals surface area contributed by atoms with Crippen molar-refractivity contribution in [2.45, 2.75) is 13.3 Å². The fraction of sp³-hybridized carbons (Fsp3) is 0.158. The van der Waals surface area contributed by atoms with E-state index in [2.05, 4.69) is 5.32 Å². The minimum atomic E-state index is -0.520. The van der Waals surface area contributed by atoms with E-state index in [1.807, 2.05) is 25.1 Å². The normalized spacial score (nSPS) is 10.8. The van der Waals surface area contributed by atoms with Crippen LogP contribution in [0.15, 0.2) is 54.1 Å². The van der Waals surface area contributed by atoms with E-state index in [-0.39, 0.29) is 11.3 Å². The molecule has 0 saturated carbocycles. The average Bonchev–Trinajstić information content (AvgIpc) is 2.60. The van der Waals surface area contributed by atoms with Gasteiger partial charge in [0.15, 0.2) is 0 Å². The molecule has 2 N–H and O–H groups in total. The highest BCUT2D eigenvalue weighted by molar-refractivity contribution is 6.09. The summed E-state index contributed by atoms with van der Waals surface area (Å²) in [6.07, 6.45) is 2.37. The van der Waals surface area contributed by atoms with Gasteiger partial charge in [0.1, 0.15) is 23.1 Å². The highest BCUT2D eigenvalue weighted by Crippen LogP contribution is 2.22. The van der Waals surface area contributed by atoms with Crippen molar-refractivity contribution in [1.29, 1.82) is 5.26 Å². The number of carbonyl (C=O) groups excluding carboxylic acids is 1. The standard InChI is InChI=1S/C19H18N2O3/c1-2-11-24-18-6-4-3-5-14(18)12-15(13-20)19(23)21-16-7-9-17(22)10-8-16/h3-10,12,22H,2,11H2,1H3,(H,21,23)/b15-12+. The highest BCUT2D eigenvalue weighted by atomic mass is 16.5. The third-order valence-corrected chi connectivity index (χ3v) is 3.17. The van der Waals surface area contributed by atoms with Crippen LogP contribution in [0.3, 0.4) is 0 Å². The van der Waals surface area contributed by atoms with E-state index in [4.69, 9.17) is 4.74 Å². The number of benzene rings is 2. The lowest BCUT2D eigenvalue weighted by Crippen LogP contribution is -2.13. The molecular weight excluding hydrogens is 304 g/mol. The van der Waals surface area contributed by atoms with Gasteiger partial charge in [0.05, 0.1) is 6.61 Å². The molecule has 24 heavy (non-hydrogen) atoms. The van der Waals surface area contributed by atoms with E-state index in [9.17, 15) is 15.2 Å². The molecule has 5 heteroatoms. The number of nitrogens with zero attached hydrogens (tertiary/aromatic N) is 1. The van der Waals surface area contributed by atoms with Crippen LogP contribution < -0.4 is 10.1 Å². The number of nitrogens with one attached hydrogen (secondary N) is 1. The molecule has 0 atom stereocenters. The molecule has 0 fully saturated rings. The third-order valence-electron chi connectivity index (χ3n) is 3.17. The molecular formula is C19H18N2O3. The molecule has 2 aromatic rings. The second-order valence-corrected chi connectivity index (χ2v) is 5.06. The monoisotopic (exact) mass is 322 g/mol. The predicted octanol–water partition coefficient (Wildman–Crippen LogP) is 3.73. The quantitative estimate of drug-likeness (QED) is 0.482. The van der Waals surface area contributed by atoms with E-state index in [0.717, 1.165) is 6.42 Å². The smallest absolute Gasteiger partial charge is 0.266 e. The van der Waals surface area contributed by atoms with Gasteiger partial charge in [-0.15, -0.1) is 0 Å². The number of aromatic hydroxyl groups is 1. The number of nitriles is 1. The van der Waals surface area contributed by atoms with Crippen LogP contribution in [0, 0.1) is 11.3 Å². The molecule has 0 aliphatic heterocycles. The molecule has 0 aliphatic rings. The van der Waals surface area contributed by atoms with Crippen molar-refractivity contribution in [2.24, 2.45) is 0 Å². The number of anilines is 1. The number of phenols is 1. The molecule has 0 spiro atoms. The van der Waals surface area contributed by atoms with E-state index < -0.39 is 5.91 Å². The second-order valence-electron chi connectivity index (χ2n) is 5.06. The van der Waals surface area contributed by atoms with Gasteiger partial charge in [-0.1, -0.05) is 25.1 Å². The summed E-state index contributed by atoms with van der Waals surface area (Å²) in [5, 5.41) is 21.2. The maximum absolute atomic E-state index is 12.3. The Balaban J connectivity index is 2.21. The highest BCUT2D eigenvalue weighted by Gasteiger charge is 2.11. The van der Waals surface area contributed by atoms with Crippen LogP contribution in [0.4, 0.5) is 5.69 Å². The van der Waals surface area contributed by atoms with Crippen LogP contribution in [0.1, 0.15) is 18.9 Å². The molecule has 0 saturated heterocycles. The number of rotatable bonds is 6. The SMILES string of the molecule is CCCOc1ccccc1/C=C(\C#N)C(=O)Nc1ccc(O)cc1. The van der Waals surface area contributed by atoms with Gasteiger partial charge in [-0.25, -0.2) is 0 Å². The molecule has 0 aromatic heterocycles. The Morgan fingerprint density at radius 2 is 1.96 bits per heavy atom. The molecule has 0 radical (unpaired) electrons. The zero-order valence-corrected chi connectivity index (χ0v) is 13.3. The zero-order chi connectivity index (χ0) is 17.4. The lowest BCUT2D eigenvalue weighted by Gasteiger charge is -2.09. The lowest BCUT2D eigenvalue weighted by atomic mass is 10.1. The van der Waals surface area contributed by atoms with Crippen molar-refractivity contribution in [1.82, 2.24) is 0 Å². The average molecular weight is 322 g/mol. The maximum atomic E-state index is 12.3. The lowest BCUT2D eigenvalue weighted by molar-refractivity contribution is -0.112. The third kappa shape index (κ3) is 4.62. The van der Waals surface area contributed by atoms with Crippen molar-refractivity contribution in [3.63, 3.8) is 0 Å². The maximum Gasteiger partial charge on any atom is 0.266 e. The molecule has 2 rings (SSSR count). The molecule has 0 unspecified atom stereocenters. The predicted molar refractivity (Wildman–Crippen MR) is 92.6 cm³/mol. The first kappa shape index (κ1) is 17.1. The van der Waals surface area contributed by atoms with E-state index in [1.165, 1.54) is 18.2 Å². The van der Waals surface area contributed by atoms with E-state index >= 15 is 0 Å². The van der Waals surface area contributed by atoms with Gasteiger partial charge in [-0.2, -0.15) is 5.26 Å². The summed E-state index contributed by atoms with van der Waals surface area (Å²) in [5.74, 6) is 0.212. The van der Waals surface area contributed by atoms with Crippen molar-refractivity contribution >= 4 is 17.7 Å². The number of phenolic OH excluding ortho intramolecular Hbond substituents is 1. The summed E-state index contributed by atoms with van der Waals surface area (Å²) >= 11 is 0. The Bertz CT molecular complexity index is 774. The van der Waals surface area contributed by atoms with E-state index in [0.29, 0.717) is 23.6 Å². The van der Waals surface area contributed by atoms with Gasteiger partial charge >= 0.3 is 0 Å². The first-order valence-corrected chi connectivity index (χ1v) is 7.58. The van der Waals surface area contributed by atoms with Crippen LogP contribution in [-0.4, -0.2) is 17.6 Å². The van der Waals surface area contributed by atoms with Gasteiger partial charge in [0, 0.05) is 11.3 Å². The molecule has 122 valence electrons. The Kier molecular flexibility index (Phi) is 5.98. The second kappa shape index (κ2) is 8.39. The first-order chi connectivity index (χ1) is 11.6. The summed E-state index contributed by atoms with van der Waals surface area (Å²) in [6.45, 7) is 2.57. The number of carbonyl (C=O) groups is 1. The van der Waals surface area contributed by atoms with Crippen LogP contribution in [0.25, 0.3) is 6.08 Å². The fourth-order valence-electron chi connectivity index (χ4n) is 1.99. The van der Waals surface area contributed by atoms with Crippen molar-refractivity contribution in [3.8, 4) is 17.6 Å². The Hall–Kier alpha value is -3.26. The summed E-state index contributed by atoms with van der Waals surface area (Å²) in [6, 6.07) is 15.2. The van der Waals surface area contributed by atoms with Gasteiger partial charge in [-0.3, -0.25) is 4.79 Å². The number of hydrogen-bond acceptors (Lipinski definition) is 4. The van der Waals surface area contributed by atoms with Gasteiger partial charge < -0.3 is 15.2 Å². The molecule has 0 heterocycles. The summed E-state index contributed by atoms with van der Waals surface area (Å²) in [4.78, 5) is 12.3. The van der Waals surface area contributed by atoms with Crippen molar-refractivity contribution in [2.75, 3.05) is 11.9 Å². The Labute approximate surface area is 140 Å². The largest absolute Gasteiger partial charge is 0.508 e. The van der Waals surface area contributed by atoms with Crippen LogP contribution >= 0.6 is 0 Å². The Morgan fingerprint density at radius 1 is 1.25 bits per heavy atom. The molecule has 2 aromatic carbocycles. The number of hydrogen-bond donors (Lipinski definition) is 2. The molecule has 0 bridgehead atoms. The Morgan fingerprint density at radius 3 is 2.62 bits per heavy atom. The van der Waals surface area contributed by atoms with Gasteiger partial charge in [0.2, 0.25) is 0 Å². The fourth-order valence-corrected chi connectivity index (χ4v) is 1.99. The van der Waals surface area contributed by atoms with Crippen LogP contribution in [0.5, 0.6) is 11.5 Å². The topological polar surface area (TPSA) is 82.3 Å². The summed E-state index contributed by atoms with van der Waals surface area (Å²) in [7, 11) is 0. The molecule has 0 aliphatic carbocycles. The minimum absolute atomic E-state index is 0.0318. The number of ether oxygens (including phenoxy) is 1. The zero-order valence-electron chi connectivity index (χ0n) is 13.3. The first-order valence-electron chi connectivity index (χ1n) is 7.58. The van der Waals surface area contributed by atoms with E-state index in [1.54, 1.807) is 24.3 Å². The number of amides is 1. The van der Waals surface area contributed by atoms with Crippen LogP contribution in [-0.2, 0) is 4.79 Å². The summed E-state index contributed by atoms with van der Waals surface area (Å²) < 4.78 is 5.63. The summed E-state index contributed by atoms with van der Waals surface area (Å²) in [5.41, 5.74) is 1.13. The van der Waals surface area contributed by atoms with Crippen molar-refractivity contribution in [3.05, 3.63) is 59.7 Å². The molecule has 5 nitrogen and oxygen atoms in total. The molecule has 1 amide bonds. The van der Waals surface area contributed by atoms with Gasteiger partial charge in [-0.05, 0) is 42.8 Å². The number of para-hydroxylation sites is 1. The van der Waals surface area contributed by atoms with Crippen LogP contribution in [0.2, 0.25) is 0 Å². The van der Waals surface area contributed by atoms with Crippen molar-refractivity contribution < 1.29 is 14.6 Å². The minimum Gasteiger partial charge on any atom is -0.508 e.